The summed E-state index contributed by atoms with van der Waals surface area (Å²) in [6.45, 7) is 3.69. The van der Waals surface area contributed by atoms with E-state index in [4.69, 9.17) is 9.47 Å². The van der Waals surface area contributed by atoms with Crippen LogP contribution in [0.2, 0.25) is 0 Å². The second-order valence-electron chi connectivity index (χ2n) is 6.69. The third-order valence-corrected chi connectivity index (χ3v) is 4.70. The van der Waals surface area contributed by atoms with Crippen LogP contribution in [0.25, 0.3) is 0 Å². The monoisotopic (exact) mass is 385 g/mol. The predicted molar refractivity (Wildman–Crippen MR) is 106 cm³/mol. The first-order chi connectivity index (χ1) is 13.4. The quantitative estimate of drug-likeness (QED) is 0.611. The van der Waals surface area contributed by atoms with Crippen molar-refractivity contribution in [1.82, 2.24) is 5.32 Å². The van der Waals surface area contributed by atoms with Crippen molar-refractivity contribution in [2.45, 2.75) is 38.6 Å². The summed E-state index contributed by atoms with van der Waals surface area (Å²) >= 11 is 0. The van der Waals surface area contributed by atoms with Crippen molar-refractivity contribution in [1.29, 1.82) is 0 Å². The fourth-order valence-electron chi connectivity index (χ4n) is 3.04. The summed E-state index contributed by atoms with van der Waals surface area (Å²) < 4.78 is 10.6. The molecule has 2 aromatic rings. The lowest BCUT2D eigenvalue weighted by molar-refractivity contribution is -0.158. The molecule has 0 aliphatic heterocycles. The van der Waals surface area contributed by atoms with Crippen molar-refractivity contribution < 1.29 is 24.2 Å². The van der Waals surface area contributed by atoms with Crippen LogP contribution >= 0.6 is 0 Å². The van der Waals surface area contributed by atoms with Crippen molar-refractivity contribution >= 4 is 11.9 Å². The van der Waals surface area contributed by atoms with E-state index in [2.05, 4.69) is 5.32 Å². The number of rotatable bonds is 10. The van der Waals surface area contributed by atoms with Gasteiger partial charge in [0.1, 0.15) is 0 Å². The molecular formula is C22H27NO5. The maximum atomic E-state index is 12.2. The molecule has 2 rings (SSSR count). The lowest BCUT2D eigenvalue weighted by Gasteiger charge is -2.31. The molecule has 0 saturated heterocycles. The average Bonchev–Trinajstić information content (AvgIpc) is 2.73. The fourth-order valence-corrected chi connectivity index (χ4v) is 3.04. The van der Waals surface area contributed by atoms with Gasteiger partial charge in [0, 0.05) is 6.04 Å². The number of hydrogen-bond acceptors (Lipinski definition) is 5. The van der Waals surface area contributed by atoms with Crippen molar-refractivity contribution in [2.75, 3.05) is 7.11 Å². The number of carboxylic acid groups (broad SMARTS) is 1. The molecule has 2 aromatic carbocycles. The molecule has 6 nitrogen and oxygen atoms in total. The number of ether oxygens (including phenoxy) is 2. The summed E-state index contributed by atoms with van der Waals surface area (Å²) in [7, 11) is 1.29. The van der Waals surface area contributed by atoms with Crippen LogP contribution < -0.4 is 5.32 Å². The Bertz CT molecular complexity index is 750. The van der Waals surface area contributed by atoms with Gasteiger partial charge in [-0.2, -0.15) is 0 Å². The molecule has 0 aliphatic rings. The van der Waals surface area contributed by atoms with Gasteiger partial charge in [-0.1, -0.05) is 67.6 Å². The number of methoxy groups -OCH3 is 1. The summed E-state index contributed by atoms with van der Waals surface area (Å²) in [5.41, 5.74) is 1.84. The maximum absolute atomic E-state index is 12.2. The minimum Gasteiger partial charge on any atom is -0.479 e. The molecular weight excluding hydrogens is 358 g/mol. The Balaban J connectivity index is 2.22. The van der Waals surface area contributed by atoms with Crippen LogP contribution in [0, 0.1) is 5.92 Å². The van der Waals surface area contributed by atoms with Crippen LogP contribution in [0.15, 0.2) is 60.7 Å². The van der Waals surface area contributed by atoms with Gasteiger partial charge in [-0.25, -0.2) is 4.79 Å². The van der Waals surface area contributed by atoms with E-state index in [1.54, 1.807) is 6.92 Å². The smallest absolute Gasteiger partial charge is 0.334 e. The second kappa shape index (κ2) is 10.6. The molecule has 0 aromatic heterocycles. The highest BCUT2D eigenvalue weighted by Gasteiger charge is 2.38. The number of esters is 1. The maximum Gasteiger partial charge on any atom is 0.334 e. The van der Waals surface area contributed by atoms with Gasteiger partial charge in [0.25, 0.3) is 0 Å². The molecule has 0 heterocycles. The Morgan fingerprint density at radius 2 is 1.57 bits per heavy atom. The third-order valence-electron chi connectivity index (χ3n) is 4.70. The van der Waals surface area contributed by atoms with Gasteiger partial charge in [-0.15, -0.1) is 0 Å². The lowest BCUT2D eigenvalue weighted by Crippen LogP contribution is -2.52. The van der Waals surface area contributed by atoms with E-state index in [-0.39, 0.29) is 12.6 Å². The highest BCUT2D eigenvalue weighted by atomic mass is 16.5. The number of carbonyl (C=O) groups excluding carboxylic acids is 1. The predicted octanol–water partition coefficient (Wildman–Crippen LogP) is 3.18. The normalized spacial score (nSPS) is 15.2. The molecule has 6 heteroatoms. The van der Waals surface area contributed by atoms with E-state index in [9.17, 15) is 14.7 Å². The highest BCUT2D eigenvalue weighted by Crippen LogP contribution is 2.20. The van der Waals surface area contributed by atoms with E-state index in [0.29, 0.717) is 0 Å². The molecule has 0 amide bonds. The Morgan fingerprint density at radius 3 is 2.11 bits per heavy atom. The van der Waals surface area contributed by atoms with Crippen LogP contribution in [-0.4, -0.2) is 36.3 Å². The summed E-state index contributed by atoms with van der Waals surface area (Å²) in [5.74, 6) is -2.34. The number of aliphatic carboxylic acids is 1. The van der Waals surface area contributed by atoms with E-state index in [1.165, 1.54) is 7.11 Å². The summed E-state index contributed by atoms with van der Waals surface area (Å²) in [6, 6.07) is 18.0. The van der Waals surface area contributed by atoms with Gasteiger partial charge < -0.3 is 19.9 Å². The molecule has 0 fully saturated rings. The molecule has 2 N–H and O–H groups in total. The van der Waals surface area contributed by atoms with Crippen molar-refractivity contribution in [3.8, 4) is 0 Å². The molecule has 0 saturated carbocycles. The zero-order valence-corrected chi connectivity index (χ0v) is 16.4. The first kappa shape index (κ1) is 21.6. The molecule has 0 bridgehead atoms. The summed E-state index contributed by atoms with van der Waals surface area (Å²) in [6.07, 6.45) is -1.22. The van der Waals surface area contributed by atoms with Gasteiger partial charge in [0.15, 0.2) is 6.10 Å². The number of hydrogen-bond donors (Lipinski definition) is 2. The van der Waals surface area contributed by atoms with Crippen molar-refractivity contribution in [3.63, 3.8) is 0 Å². The summed E-state index contributed by atoms with van der Waals surface area (Å²) in [4.78, 5) is 24.1. The molecule has 150 valence electrons. The SMILES string of the molecule is COC(=O)[C@H](C)[C@@H](N[C@H](C)c1ccccc1)[C@H](OCc1ccccc1)C(=O)O. The van der Waals surface area contributed by atoms with E-state index < -0.39 is 30.0 Å². The summed E-state index contributed by atoms with van der Waals surface area (Å²) in [5, 5.41) is 13.1. The highest BCUT2D eigenvalue weighted by molar-refractivity contribution is 5.77. The van der Waals surface area contributed by atoms with Gasteiger partial charge >= 0.3 is 11.9 Å². The van der Waals surface area contributed by atoms with Gasteiger partial charge in [-0.05, 0) is 18.1 Å². The second-order valence-corrected chi connectivity index (χ2v) is 6.69. The Labute approximate surface area is 165 Å². The number of nitrogens with one attached hydrogen (secondary N) is 1. The molecule has 0 radical (unpaired) electrons. The lowest BCUT2D eigenvalue weighted by atomic mass is 9.94. The van der Waals surface area contributed by atoms with Gasteiger partial charge in [0.05, 0.1) is 25.7 Å². The van der Waals surface area contributed by atoms with Crippen LogP contribution in [0.3, 0.4) is 0 Å². The minimum absolute atomic E-state index is 0.129. The Kier molecular flexibility index (Phi) is 8.17. The Hall–Kier alpha value is -2.70. The fraction of sp³-hybridized carbons (Fsp3) is 0.364. The molecule has 0 unspecified atom stereocenters. The standard InChI is InChI=1S/C22H27NO5/c1-15(22(26)27-3)19(23-16(2)18-12-8-5-9-13-18)20(21(24)25)28-14-17-10-6-4-7-11-17/h4-13,15-16,19-20,23H,14H2,1-3H3,(H,24,25)/t15-,16-,19-,20+/m1/s1. The average molecular weight is 385 g/mol. The van der Waals surface area contributed by atoms with Crippen molar-refractivity contribution in [2.24, 2.45) is 5.92 Å². The molecule has 0 aliphatic carbocycles. The first-order valence-electron chi connectivity index (χ1n) is 9.21. The zero-order valence-electron chi connectivity index (χ0n) is 16.4. The van der Waals surface area contributed by atoms with Gasteiger partial charge in [0.2, 0.25) is 0 Å². The topological polar surface area (TPSA) is 84.9 Å². The van der Waals surface area contributed by atoms with Crippen LogP contribution in [-0.2, 0) is 25.7 Å². The van der Waals surface area contributed by atoms with E-state index in [0.717, 1.165) is 11.1 Å². The Morgan fingerprint density at radius 1 is 1.00 bits per heavy atom. The number of carboxylic acids is 1. The zero-order chi connectivity index (χ0) is 20.5. The van der Waals surface area contributed by atoms with Crippen LogP contribution in [0.1, 0.15) is 31.0 Å². The van der Waals surface area contributed by atoms with Crippen molar-refractivity contribution in [3.05, 3.63) is 71.8 Å². The van der Waals surface area contributed by atoms with Gasteiger partial charge in [-0.3, -0.25) is 4.79 Å². The van der Waals surface area contributed by atoms with E-state index in [1.807, 2.05) is 67.6 Å². The molecule has 4 atom stereocenters. The third kappa shape index (κ3) is 5.90. The first-order valence-corrected chi connectivity index (χ1v) is 9.21. The molecule has 0 spiro atoms. The number of benzene rings is 2. The van der Waals surface area contributed by atoms with E-state index >= 15 is 0 Å². The largest absolute Gasteiger partial charge is 0.479 e. The number of carbonyl (C=O) groups is 2. The minimum atomic E-state index is -1.22. The van der Waals surface area contributed by atoms with Crippen LogP contribution in [0.5, 0.6) is 0 Å². The van der Waals surface area contributed by atoms with Crippen LogP contribution in [0.4, 0.5) is 0 Å². The molecule has 28 heavy (non-hydrogen) atoms.